The van der Waals surface area contributed by atoms with E-state index in [1.807, 2.05) is 31.2 Å². The summed E-state index contributed by atoms with van der Waals surface area (Å²) in [6.07, 6.45) is 2.56. The van der Waals surface area contributed by atoms with Gasteiger partial charge in [0.1, 0.15) is 17.4 Å². The Bertz CT molecular complexity index is 1350. The van der Waals surface area contributed by atoms with Crippen molar-refractivity contribution in [1.82, 2.24) is 10.3 Å². The molecular weight excluding hydrogens is 412 g/mol. The predicted molar refractivity (Wildman–Crippen MR) is 119 cm³/mol. The first-order valence-corrected chi connectivity index (χ1v) is 10.2. The van der Waals surface area contributed by atoms with Crippen LogP contribution in [0.25, 0.3) is 21.9 Å². The molecule has 1 atom stereocenters. The molecule has 8 heteroatoms. The number of hydrogen-bond donors (Lipinski definition) is 3. The summed E-state index contributed by atoms with van der Waals surface area (Å²) in [6, 6.07) is 12.9. The Labute approximate surface area is 182 Å². The lowest BCUT2D eigenvalue weighted by Gasteiger charge is -2.15. The first-order chi connectivity index (χ1) is 15.4. The number of benzene rings is 2. The molecule has 0 saturated heterocycles. The zero-order valence-corrected chi connectivity index (χ0v) is 17.4. The van der Waals surface area contributed by atoms with Crippen LogP contribution in [0.5, 0.6) is 5.75 Å². The molecule has 0 bridgehead atoms. The third-order valence-corrected chi connectivity index (χ3v) is 5.28. The van der Waals surface area contributed by atoms with Gasteiger partial charge in [-0.05, 0) is 35.7 Å². The van der Waals surface area contributed by atoms with Crippen molar-refractivity contribution in [1.29, 1.82) is 0 Å². The number of rotatable bonds is 8. The number of fused-ring (bicyclic) bond motifs is 2. The fraction of sp³-hybridized carbons (Fsp3) is 0.208. The summed E-state index contributed by atoms with van der Waals surface area (Å²) in [6.45, 7) is 1.57. The molecule has 0 aliphatic heterocycles. The van der Waals surface area contributed by atoms with Crippen LogP contribution in [0.4, 0.5) is 0 Å². The second-order valence-corrected chi connectivity index (χ2v) is 7.41. The largest absolute Gasteiger partial charge is 0.484 e. The summed E-state index contributed by atoms with van der Waals surface area (Å²) in [5.74, 6) is -1.36. The number of amides is 1. The highest BCUT2D eigenvalue weighted by atomic mass is 16.5. The number of carboxylic acids is 1. The molecule has 0 unspecified atom stereocenters. The number of hydrogen-bond acceptors (Lipinski definition) is 5. The number of nitrogens with one attached hydrogen (secondary N) is 2. The lowest BCUT2D eigenvalue weighted by molar-refractivity contribution is -0.142. The van der Waals surface area contributed by atoms with Crippen molar-refractivity contribution in [2.24, 2.45) is 0 Å². The predicted octanol–water partition coefficient (Wildman–Crippen LogP) is 3.03. The van der Waals surface area contributed by atoms with Crippen LogP contribution in [0.2, 0.25) is 0 Å². The Morgan fingerprint density at radius 3 is 2.72 bits per heavy atom. The molecule has 0 aliphatic carbocycles. The molecule has 2 heterocycles. The maximum absolute atomic E-state index is 12.4. The monoisotopic (exact) mass is 434 g/mol. The van der Waals surface area contributed by atoms with Crippen molar-refractivity contribution in [3.8, 4) is 5.75 Å². The molecule has 1 amide bonds. The molecule has 32 heavy (non-hydrogen) atoms. The van der Waals surface area contributed by atoms with Crippen LogP contribution in [0, 0.1) is 0 Å². The number of aryl methyl sites for hydroxylation is 1. The van der Waals surface area contributed by atoms with Gasteiger partial charge in [-0.1, -0.05) is 25.1 Å². The maximum atomic E-state index is 12.4. The van der Waals surface area contributed by atoms with E-state index in [4.69, 9.17) is 9.15 Å². The number of H-pyrrole nitrogens is 1. The Balaban J connectivity index is 1.42. The summed E-state index contributed by atoms with van der Waals surface area (Å²) in [4.78, 5) is 38.9. The van der Waals surface area contributed by atoms with Crippen LogP contribution in [0.1, 0.15) is 18.1 Å². The highest BCUT2D eigenvalue weighted by Crippen LogP contribution is 2.23. The van der Waals surface area contributed by atoms with Crippen molar-refractivity contribution in [3.05, 3.63) is 76.3 Å². The third kappa shape index (κ3) is 4.49. The third-order valence-electron chi connectivity index (χ3n) is 5.28. The van der Waals surface area contributed by atoms with Gasteiger partial charge in [-0.3, -0.25) is 4.79 Å². The quantitative estimate of drug-likeness (QED) is 0.367. The van der Waals surface area contributed by atoms with Gasteiger partial charge in [-0.15, -0.1) is 0 Å². The van der Waals surface area contributed by atoms with Crippen LogP contribution in [0.15, 0.2) is 63.9 Å². The summed E-state index contributed by atoms with van der Waals surface area (Å²) in [5, 5.41) is 13.8. The van der Waals surface area contributed by atoms with Gasteiger partial charge in [0.15, 0.2) is 6.61 Å². The smallest absolute Gasteiger partial charge is 0.336 e. The number of carbonyl (C=O) groups excluding carboxylic acids is 1. The molecule has 3 N–H and O–H groups in total. The van der Waals surface area contributed by atoms with Crippen molar-refractivity contribution < 1.29 is 23.8 Å². The first-order valence-electron chi connectivity index (χ1n) is 10.2. The second kappa shape index (κ2) is 8.97. The number of para-hydroxylation sites is 1. The van der Waals surface area contributed by atoms with Gasteiger partial charge in [0, 0.05) is 41.0 Å². The number of ether oxygens (including phenoxy) is 1. The van der Waals surface area contributed by atoms with Gasteiger partial charge in [0.2, 0.25) is 0 Å². The fourth-order valence-electron chi connectivity index (χ4n) is 3.70. The van der Waals surface area contributed by atoms with Crippen LogP contribution < -0.4 is 15.7 Å². The summed E-state index contributed by atoms with van der Waals surface area (Å²) >= 11 is 0. The summed E-state index contributed by atoms with van der Waals surface area (Å²) in [7, 11) is 0. The Kier molecular flexibility index (Phi) is 5.93. The zero-order valence-electron chi connectivity index (χ0n) is 17.4. The molecule has 0 radical (unpaired) electrons. The highest BCUT2D eigenvalue weighted by Gasteiger charge is 2.22. The van der Waals surface area contributed by atoms with Crippen molar-refractivity contribution >= 4 is 33.7 Å². The number of aromatic amines is 1. The normalized spacial score (nSPS) is 12.0. The molecule has 8 nitrogen and oxygen atoms in total. The van der Waals surface area contributed by atoms with E-state index < -0.39 is 23.5 Å². The van der Waals surface area contributed by atoms with Crippen molar-refractivity contribution in [2.75, 3.05) is 6.61 Å². The molecule has 164 valence electrons. The van der Waals surface area contributed by atoms with Gasteiger partial charge >= 0.3 is 11.6 Å². The molecule has 2 aromatic heterocycles. The van der Waals surface area contributed by atoms with Gasteiger partial charge in [-0.2, -0.15) is 0 Å². The van der Waals surface area contributed by atoms with Crippen LogP contribution >= 0.6 is 0 Å². The van der Waals surface area contributed by atoms with Crippen molar-refractivity contribution in [2.45, 2.75) is 25.8 Å². The second-order valence-electron chi connectivity index (χ2n) is 7.41. The average Bonchev–Trinajstić information content (AvgIpc) is 3.19. The topological polar surface area (TPSA) is 122 Å². The Morgan fingerprint density at radius 1 is 1.12 bits per heavy atom. The van der Waals surface area contributed by atoms with E-state index >= 15 is 0 Å². The number of aromatic nitrogens is 1. The van der Waals surface area contributed by atoms with Gasteiger partial charge in [0.05, 0.1) is 0 Å². The molecule has 0 saturated carbocycles. The summed E-state index contributed by atoms with van der Waals surface area (Å²) < 4.78 is 10.7. The van der Waals surface area contributed by atoms with Crippen LogP contribution in [-0.4, -0.2) is 34.6 Å². The lowest BCUT2D eigenvalue weighted by Crippen LogP contribution is -2.44. The van der Waals surface area contributed by atoms with E-state index in [0.29, 0.717) is 17.8 Å². The van der Waals surface area contributed by atoms with E-state index in [-0.39, 0.29) is 13.0 Å². The first kappa shape index (κ1) is 21.2. The lowest BCUT2D eigenvalue weighted by atomic mass is 10.1. The van der Waals surface area contributed by atoms with E-state index in [0.717, 1.165) is 27.4 Å². The van der Waals surface area contributed by atoms with Gasteiger partial charge in [-0.25, -0.2) is 9.59 Å². The molecule has 0 aliphatic rings. The molecule has 4 aromatic rings. The maximum Gasteiger partial charge on any atom is 0.336 e. The molecule has 4 rings (SSSR count). The van der Waals surface area contributed by atoms with Crippen LogP contribution in [-0.2, 0) is 22.4 Å². The van der Waals surface area contributed by atoms with Crippen LogP contribution in [0.3, 0.4) is 0 Å². The van der Waals surface area contributed by atoms with E-state index in [1.54, 1.807) is 24.4 Å². The molecular formula is C24H22N2O6. The average molecular weight is 434 g/mol. The SMILES string of the molecule is CCc1cc(=O)oc2cc(OCC(=O)N[C@@H](Cc3c[nH]c4ccccc34)C(=O)O)ccc12. The van der Waals surface area contributed by atoms with E-state index in [9.17, 15) is 19.5 Å². The molecule has 0 spiro atoms. The highest BCUT2D eigenvalue weighted by molar-refractivity contribution is 5.87. The van der Waals surface area contributed by atoms with E-state index in [2.05, 4.69) is 10.3 Å². The van der Waals surface area contributed by atoms with Gasteiger partial charge in [0.25, 0.3) is 5.91 Å². The molecule has 0 fully saturated rings. The number of carboxylic acid groups (broad SMARTS) is 1. The van der Waals surface area contributed by atoms with E-state index in [1.165, 1.54) is 6.07 Å². The standard InChI is InChI=1S/C24H22N2O6/c1-2-14-10-23(28)32-21-11-16(7-8-18(14)21)31-13-22(27)26-20(24(29)30)9-15-12-25-19-6-4-3-5-17(15)19/h3-8,10-12,20,25H,2,9,13H2,1H3,(H,26,27)(H,29,30)/t20-/m0/s1. The number of carbonyl (C=O) groups is 2. The fourth-order valence-corrected chi connectivity index (χ4v) is 3.70. The van der Waals surface area contributed by atoms with Gasteiger partial charge < -0.3 is 24.6 Å². The summed E-state index contributed by atoms with van der Waals surface area (Å²) in [5.41, 5.74) is 2.48. The van der Waals surface area contributed by atoms with Crippen molar-refractivity contribution in [3.63, 3.8) is 0 Å². The number of aliphatic carboxylic acids is 1. The minimum absolute atomic E-state index is 0.131. The zero-order chi connectivity index (χ0) is 22.7. The Morgan fingerprint density at radius 2 is 1.94 bits per heavy atom. The molecule has 2 aromatic carbocycles. The Hall–Kier alpha value is -4.07. The minimum Gasteiger partial charge on any atom is -0.484 e. The minimum atomic E-state index is -1.14.